The summed E-state index contributed by atoms with van der Waals surface area (Å²) in [4.78, 5) is 17.2. The van der Waals surface area contributed by atoms with E-state index in [1.165, 1.54) is 0 Å². The molecule has 2 aliphatic heterocycles. The van der Waals surface area contributed by atoms with Gasteiger partial charge in [0.2, 0.25) is 5.91 Å². The van der Waals surface area contributed by atoms with Crippen LogP contribution < -0.4 is 0 Å². The smallest absolute Gasteiger partial charge is 0.353 e. The fraction of sp³-hybridized carbons (Fsp3) is 0.731. The van der Waals surface area contributed by atoms with Crippen molar-refractivity contribution in [2.75, 3.05) is 19.8 Å². The molecule has 4 rings (SSSR count). The van der Waals surface area contributed by atoms with Crippen LogP contribution in [0.15, 0.2) is 24.3 Å². The van der Waals surface area contributed by atoms with Gasteiger partial charge in [-0.1, -0.05) is 26.0 Å². The van der Waals surface area contributed by atoms with Crippen LogP contribution in [0, 0.1) is 11.8 Å². The van der Waals surface area contributed by atoms with E-state index in [1.807, 2.05) is 4.90 Å². The molecule has 1 aliphatic carbocycles. The molecule has 1 aromatic carbocycles. The Morgan fingerprint density at radius 1 is 1.18 bits per heavy atom. The Balaban J connectivity index is 1.50. The molecule has 2 saturated heterocycles. The van der Waals surface area contributed by atoms with E-state index in [-0.39, 0.29) is 30.6 Å². The molecule has 0 N–H and O–H groups in total. The lowest BCUT2D eigenvalue weighted by molar-refractivity contribution is -0.191. The van der Waals surface area contributed by atoms with Gasteiger partial charge in [0.05, 0.1) is 24.9 Å². The summed E-state index contributed by atoms with van der Waals surface area (Å²) in [7, 11) is 0. The first kappa shape index (κ1) is 25.4. The first-order valence-corrected chi connectivity index (χ1v) is 12.6. The van der Waals surface area contributed by atoms with Gasteiger partial charge in [-0.2, -0.15) is 13.2 Å². The second-order valence-electron chi connectivity index (χ2n) is 10.5. The number of halogens is 4. The number of unbranched alkanes of at least 4 members (excludes halogenated alkanes) is 1. The van der Waals surface area contributed by atoms with Gasteiger partial charge in [-0.15, -0.1) is 0 Å². The van der Waals surface area contributed by atoms with Crippen molar-refractivity contribution in [2.45, 2.75) is 89.3 Å². The summed E-state index contributed by atoms with van der Waals surface area (Å²) in [5.41, 5.74) is -0.337. The van der Waals surface area contributed by atoms with E-state index >= 15 is 0 Å². The summed E-state index contributed by atoms with van der Waals surface area (Å²) in [6, 6.07) is 5.70. The van der Waals surface area contributed by atoms with E-state index in [9.17, 15) is 22.4 Å². The van der Waals surface area contributed by atoms with E-state index in [2.05, 4.69) is 18.7 Å². The molecule has 0 bridgehead atoms. The monoisotopic (exact) mass is 484 g/mol. The zero-order chi connectivity index (χ0) is 24.5. The predicted octanol–water partition coefficient (Wildman–Crippen LogP) is 5.80. The summed E-state index contributed by atoms with van der Waals surface area (Å²) in [6.07, 6.45) is 0.666. The van der Waals surface area contributed by atoms with Gasteiger partial charge in [-0.3, -0.25) is 14.1 Å². The first-order valence-electron chi connectivity index (χ1n) is 12.6. The molecule has 3 aliphatic rings. The van der Waals surface area contributed by atoms with Crippen LogP contribution in [0.4, 0.5) is 17.6 Å². The Hall–Kier alpha value is -1.67. The third-order valence-corrected chi connectivity index (χ3v) is 8.03. The molecular weight excluding hydrogens is 448 g/mol. The topological polar surface area (TPSA) is 32.8 Å². The third kappa shape index (κ3) is 4.99. The largest absolute Gasteiger partial charge is 0.416 e. The van der Waals surface area contributed by atoms with Gasteiger partial charge >= 0.3 is 6.18 Å². The van der Waals surface area contributed by atoms with E-state index in [4.69, 9.17) is 4.74 Å². The predicted molar refractivity (Wildman–Crippen MR) is 122 cm³/mol. The van der Waals surface area contributed by atoms with Crippen molar-refractivity contribution in [3.63, 3.8) is 0 Å². The zero-order valence-corrected chi connectivity index (χ0v) is 20.1. The van der Waals surface area contributed by atoms with Crippen LogP contribution >= 0.6 is 0 Å². The van der Waals surface area contributed by atoms with Crippen LogP contribution in [0.3, 0.4) is 0 Å². The lowest BCUT2D eigenvalue weighted by atomic mass is 9.72. The minimum absolute atomic E-state index is 0.111. The molecule has 4 atom stereocenters. The van der Waals surface area contributed by atoms with E-state index in [1.54, 1.807) is 12.1 Å². The van der Waals surface area contributed by atoms with Gasteiger partial charge in [-0.25, -0.2) is 0 Å². The van der Waals surface area contributed by atoms with Gasteiger partial charge in [0, 0.05) is 24.9 Å². The Bertz CT molecular complexity index is 844. The maximum atomic E-state index is 13.0. The third-order valence-electron chi connectivity index (χ3n) is 8.03. The second kappa shape index (κ2) is 10.1. The molecule has 0 radical (unpaired) electrons. The quantitative estimate of drug-likeness (QED) is 0.345. The molecule has 190 valence electrons. The lowest BCUT2D eigenvalue weighted by Crippen LogP contribution is -2.63. The first-order chi connectivity index (χ1) is 16.2. The van der Waals surface area contributed by atoms with Crippen molar-refractivity contribution in [1.29, 1.82) is 0 Å². The van der Waals surface area contributed by atoms with E-state index < -0.39 is 17.5 Å². The fourth-order valence-corrected chi connectivity index (χ4v) is 6.18. The lowest BCUT2D eigenvalue weighted by Gasteiger charge is -2.53. The molecule has 4 nitrogen and oxygen atoms in total. The molecule has 0 unspecified atom stereocenters. The van der Waals surface area contributed by atoms with Crippen LogP contribution in [-0.4, -0.2) is 53.3 Å². The number of rotatable bonds is 8. The van der Waals surface area contributed by atoms with Gasteiger partial charge in [-0.05, 0) is 68.7 Å². The van der Waals surface area contributed by atoms with Gasteiger partial charge in [0.25, 0.3) is 0 Å². The normalized spacial score (nSPS) is 29.6. The number of carbonyl (C=O) groups excluding carboxylic acids is 1. The summed E-state index contributed by atoms with van der Waals surface area (Å²) in [6.45, 7) is 5.71. The Morgan fingerprint density at radius 2 is 1.91 bits per heavy atom. The average Bonchev–Trinajstić information content (AvgIpc) is 3.19. The molecule has 1 amide bonds. The standard InChI is InChI=1S/C26H36F4N2O2/c1-18(2)23-17-34-25-12-11-22(15-21(25)9-10-24(33)32(23)25)31(14-4-3-13-27)16-19-5-7-20(8-6-19)26(28,29)30/h5-8,18,21-23H,3-4,9-17H2,1-2H3/t21-,22+,23-,25-/m1/s1. The van der Waals surface area contributed by atoms with Gasteiger partial charge in [0.15, 0.2) is 0 Å². The minimum atomic E-state index is -4.35. The number of alkyl halides is 4. The van der Waals surface area contributed by atoms with Crippen LogP contribution in [-0.2, 0) is 22.3 Å². The van der Waals surface area contributed by atoms with E-state index in [0.29, 0.717) is 44.9 Å². The number of benzene rings is 1. The summed E-state index contributed by atoms with van der Waals surface area (Å²) < 4.78 is 58.1. The number of ether oxygens (including phenoxy) is 1. The molecule has 1 aromatic rings. The summed E-state index contributed by atoms with van der Waals surface area (Å²) >= 11 is 0. The van der Waals surface area contributed by atoms with Crippen molar-refractivity contribution in [3.05, 3.63) is 35.4 Å². The van der Waals surface area contributed by atoms with Crippen molar-refractivity contribution >= 4 is 5.91 Å². The van der Waals surface area contributed by atoms with Crippen molar-refractivity contribution in [1.82, 2.24) is 9.80 Å². The number of hydrogen-bond acceptors (Lipinski definition) is 3. The summed E-state index contributed by atoms with van der Waals surface area (Å²) in [5.74, 6) is 0.760. The molecule has 3 fully saturated rings. The molecule has 1 saturated carbocycles. The average molecular weight is 485 g/mol. The number of piperidine rings is 1. The highest BCUT2D eigenvalue weighted by atomic mass is 19.4. The number of amides is 1. The number of hydrogen-bond donors (Lipinski definition) is 0. The number of nitrogens with zero attached hydrogens (tertiary/aromatic N) is 2. The highest BCUT2D eigenvalue weighted by Gasteiger charge is 2.59. The van der Waals surface area contributed by atoms with Crippen molar-refractivity contribution < 1.29 is 27.1 Å². The van der Waals surface area contributed by atoms with Crippen LogP contribution in [0.2, 0.25) is 0 Å². The van der Waals surface area contributed by atoms with Crippen LogP contribution in [0.25, 0.3) is 0 Å². The Labute approximate surface area is 199 Å². The Morgan fingerprint density at radius 3 is 2.56 bits per heavy atom. The highest BCUT2D eigenvalue weighted by Crippen LogP contribution is 2.51. The molecule has 2 heterocycles. The molecule has 8 heteroatoms. The Kier molecular flexibility index (Phi) is 7.58. The van der Waals surface area contributed by atoms with Gasteiger partial charge in [0.1, 0.15) is 5.72 Å². The van der Waals surface area contributed by atoms with Crippen molar-refractivity contribution in [2.24, 2.45) is 11.8 Å². The summed E-state index contributed by atoms with van der Waals surface area (Å²) in [5, 5.41) is 0. The second-order valence-corrected chi connectivity index (χ2v) is 10.5. The molecular formula is C26H36F4N2O2. The maximum absolute atomic E-state index is 13.0. The van der Waals surface area contributed by atoms with Gasteiger partial charge < -0.3 is 9.64 Å². The van der Waals surface area contributed by atoms with Crippen molar-refractivity contribution in [3.8, 4) is 0 Å². The molecule has 34 heavy (non-hydrogen) atoms. The SMILES string of the molecule is CC(C)[C@H]1CO[C@]23CC[C@H](N(CCCCF)Cc4ccc(C(F)(F)F)cc4)C[C@H]2CCC(=O)N13. The fourth-order valence-electron chi connectivity index (χ4n) is 6.18. The number of carbonyl (C=O) groups is 1. The van der Waals surface area contributed by atoms with Crippen LogP contribution in [0.5, 0.6) is 0 Å². The zero-order valence-electron chi connectivity index (χ0n) is 20.1. The van der Waals surface area contributed by atoms with E-state index in [0.717, 1.165) is 43.4 Å². The maximum Gasteiger partial charge on any atom is 0.416 e. The van der Waals surface area contributed by atoms with Crippen LogP contribution in [0.1, 0.15) is 69.9 Å². The molecule has 1 spiro atoms. The minimum Gasteiger partial charge on any atom is -0.353 e. The molecule has 0 aromatic heterocycles. The highest BCUT2D eigenvalue weighted by molar-refractivity contribution is 5.78.